The lowest BCUT2D eigenvalue weighted by molar-refractivity contribution is 0.112. The molecule has 0 aliphatic carbocycles. The first-order chi connectivity index (χ1) is 5.42. The number of aromatic nitrogens is 1. The van der Waals surface area contributed by atoms with Crippen LogP contribution in [0.5, 0.6) is 0 Å². The first kappa shape index (κ1) is 6.85. The van der Waals surface area contributed by atoms with Crippen LogP contribution in [0.2, 0.25) is 0 Å². The smallest absolute Gasteiger partial charge is 0.151 e. The molecule has 1 aromatic heterocycles. The molecule has 0 saturated carbocycles. The first-order valence-electron chi connectivity index (χ1n) is 3.40. The summed E-state index contributed by atoms with van der Waals surface area (Å²) in [5.41, 5.74) is 3.16. The van der Waals surface area contributed by atoms with Crippen molar-refractivity contribution in [3.8, 4) is 0 Å². The second-order valence-corrected chi connectivity index (χ2v) is 3.46. The zero-order valence-electron chi connectivity index (χ0n) is 5.91. The van der Waals surface area contributed by atoms with Gasteiger partial charge in [-0.3, -0.25) is 9.78 Å². The molecule has 0 N–H and O–H groups in total. The summed E-state index contributed by atoms with van der Waals surface area (Å²) in [4.78, 5) is 14.5. The molecule has 0 radical (unpaired) electrons. The highest BCUT2D eigenvalue weighted by Crippen LogP contribution is 2.30. The fourth-order valence-corrected chi connectivity index (χ4v) is 2.34. The van der Waals surface area contributed by atoms with Crippen molar-refractivity contribution < 1.29 is 4.79 Å². The van der Waals surface area contributed by atoms with Crippen LogP contribution in [0, 0.1) is 0 Å². The third-order valence-corrected chi connectivity index (χ3v) is 2.82. The highest BCUT2D eigenvalue weighted by atomic mass is 32.2. The Labute approximate surface area is 69.0 Å². The van der Waals surface area contributed by atoms with Gasteiger partial charge in [0.15, 0.2) is 6.29 Å². The molecule has 0 amide bonds. The van der Waals surface area contributed by atoms with Crippen LogP contribution in [0.25, 0.3) is 0 Å². The summed E-state index contributed by atoms with van der Waals surface area (Å²) in [7, 11) is 0. The third kappa shape index (κ3) is 1.05. The minimum absolute atomic E-state index is 0.757. The minimum Gasteiger partial charge on any atom is -0.298 e. The predicted octanol–water partition coefficient (Wildman–Crippen LogP) is 1.64. The Morgan fingerprint density at radius 3 is 3.18 bits per heavy atom. The SMILES string of the molecule is O=Cc1cncc2c1CSC2. The molecule has 1 aliphatic rings. The van der Waals surface area contributed by atoms with E-state index in [4.69, 9.17) is 0 Å². The molecular formula is C8H7NOS. The van der Waals surface area contributed by atoms with Gasteiger partial charge in [0.25, 0.3) is 0 Å². The fourth-order valence-electron chi connectivity index (χ4n) is 1.21. The normalized spacial score (nSPS) is 14.5. The van der Waals surface area contributed by atoms with Crippen molar-refractivity contribution in [1.29, 1.82) is 0 Å². The van der Waals surface area contributed by atoms with Gasteiger partial charge in [-0.05, 0) is 11.1 Å². The number of aldehydes is 1. The molecule has 3 heteroatoms. The van der Waals surface area contributed by atoms with Crippen molar-refractivity contribution in [3.63, 3.8) is 0 Å². The van der Waals surface area contributed by atoms with Crippen LogP contribution in [0.1, 0.15) is 21.5 Å². The number of rotatable bonds is 1. The van der Waals surface area contributed by atoms with Crippen molar-refractivity contribution >= 4 is 18.0 Å². The average Bonchev–Trinajstić information content (AvgIpc) is 2.50. The predicted molar refractivity (Wildman–Crippen MR) is 44.6 cm³/mol. The molecular weight excluding hydrogens is 158 g/mol. The molecule has 2 nitrogen and oxygen atoms in total. The number of nitrogens with zero attached hydrogens (tertiary/aromatic N) is 1. The Bertz CT molecular complexity index is 298. The van der Waals surface area contributed by atoms with E-state index in [2.05, 4.69) is 4.98 Å². The number of carbonyl (C=O) groups excluding carboxylic acids is 1. The molecule has 2 heterocycles. The standard InChI is InChI=1S/C8H7NOS/c10-3-6-1-9-2-7-4-11-5-8(6)7/h1-3H,4-5H2. The van der Waals surface area contributed by atoms with Crippen molar-refractivity contribution in [2.45, 2.75) is 11.5 Å². The lowest BCUT2D eigenvalue weighted by atomic mass is 10.1. The van der Waals surface area contributed by atoms with Crippen molar-refractivity contribution in [3.05, 3.63) is 29.1 Å². The van der Waals surface area contributed by atoms with Gasteiger partial charge in [0.05, 0.1) is 0 Å². The Morgan fingerprint density at radius 1 is 1.45 bits per heavy atom. The zero-order valence-corrected chi connectivity index (χ0v) is 6.73. The molecule has 2 rings (SSSR count). The number of hydrogen-bond acceptors (Lipinski definition) is 3. The molecule has 56 valence electrons. The van der Waals surface area contributed by atoms with Crippen LogP contribution in [-0.4, -0.2) is 11.3 Å². The van der Waals surface area contributed by atoms with Crippen LogP contribution in [0.4, 0.5) is 0 Å². The van der Waals surface area contributed by atoms with E-state index in [1.54, 1.807) is 6.20 Å². The summed E-state index contributed by atoms with van der Waals surface area (Å²) >= 11 is 1.83. The Hall–Kier alpha value is -0.830. The number of hydrogen-bond donors (Lipinski definition) is 0. The summed E-state index contributed by atoms with van der Waals surface area (Å²) in [5, 5.41) is 0. The zero-order chi connectivity index (χ0) is 7.68. The molecule has 0 atom stereocenters. The number of fused-ring (bicyclic) bond motifs is 1. The van der Waals surface area contributed by atoms with E-state index < -0.39 is 0 Å². The van der Waals surface area contributed by atoms with Crippen molar-refractivity contribution in [2.75, 3.05) is 0 Å². The van der Waals surface area contributed by atoms with Gasteiger partial charge in [-0.2, -0.15) is 11.8 Å². The number of pyridine rings is 1. The maximum absolute atomic E-state index is 10.5. The van der Waals surface area contributed by atoms with Crippen molar-refractivity contribution in [2.24, 2.45) is 0 Å². The summed E-state index contributed by atoms with van der Waals surface area (Å²) in [5.74, 6) is 1.97. The van der Waals surface area contributed by atoms with E-state index in [1.807, 2.05) is 18.0 Å². The summed E-state index contributed by atoms with van der Waals surface area (Å²) in [6.45, 7) is 0. The van der Waals surface area contributed by atoms with Gasteiger partial charge in [0.1, 0.15) is 0 Å². The van der Waals surface area contributed by atoms with Crippen LogP contribution in [0.15, 0.2) is 12.4 Å². The summed E-state index contributed by atoms with van der Waals surface area (Å²) < 4.78 is 0. The minimum atomic E-state index is 0.757. The van der Waals surface area contributed by atoms with Crippen molar-refractivity contribution in [1.82, 2.24) is 4.98 Å². The molecule has 0 bridgehead atoms. The van der Waals surface area contributed by atoms with Crippen LogP contribution in [-0.2, 0) is 11.5 Å². The second-order valence-electron chi connectivity index (χ2n) is 2.48. The quantitative estimate of drug-likeness (QED) is 0.592. The summed E-state index contributed by atoms with van der Waals surface area (Å²) in [6.07, 6.45) is 4.37. The van der Waals surface area contributed by atoms with Crippen LogP contribution >= 0.6 is 11.8 Å². The number of thioether (sulfide) groups is 1. The van der Waals surface area contributed by atoms with Gasteiger partial charge in [0.2, 0.25) is 0 Å². The van der Waals surface area contributed by atoms with Crippen LogP contribution < -0.4 is 0 Å². The second kappa shape index (κ2) is 2.66. The molecule has 0 saturated heterocycles. The maximum Gasteiger partial charge on any atom is 0.151 e. The Balaban J connectivity index is 2.58. The summed E-state index contributed by atoms with van der Waals surface area (Å²) in [6, 6.07) is 0. The van der Waals surface area contributed by atoms with E-state index in [9.17, 15) is 4.79 Å². The molecule has 1 aliphatic heterocycles. The molecule has 0 spiro atoms. The van der Waals surface area contributed by atoms with Gasteiger partial charge in [-0.1, -0.05) is 0 Å². The highest BCUT2D eigenvalue weighted by Gasteiger charge is 2.14. The van der Waals surface area contributed by atoms with Gasteiger partial charge in [-0.25, -0.2) is 0 Å². The van der Waals surface area contributed by atoms with E-state index in [-0.39, 0.29) is 0 Å². The fraction of sp³-hybridized carbons (Fsp3) is 0.250. The van der Waals surface area contributed by atoms with E-state index in [0.717, 1.165) is 23.4 Å². The average molecular weight is 165 g/mol. The van der Waals surface area contributed by atoms with Gasteiger partial charge < -0.3 is 0 Å². The Morgan fingerprint density at radius 2 is 2.36 bits per heavy atom. The molecule has 0 unspecified atom stereocenters. The van der Waals surface area contributed by atoms with Gasteiger partial charge >= 0.3 is 0 Å². The molecule has 0 aromatic carbocycles. The lowest BCUT2D eigenvalue weighted by Crippen LogP contribution is -1.92. The maximum atomic E-state index is 10.5. The Kier molecular flexibility index (Phi) is 1.66. The first-order valence-corrected chi connectivity index (χ1v) is 4.56. The third-order valence-electron chi connectivity index (χ3n) is 1.81. The van der Waals surface area contributed by atoms with E-state index in [0.29, 0.717) is 0 Å². The molecule has 0 fully saturated rings. The monoisotopic (exact) mass is 165 g/mol. The molecule has 11 heavy (non-hydrogen) atoms. The van der Waals surface area contributed by atoms with Gasteiger partial charge in [-0.15, -0.1) is 0 Å². The largest absolute Gasteiger partial charge is 0.298 e. The lowest BCUT2D eigenvalue weighted by Gasteiger charge is -1.97. The molecule has 1 aromatic rings. The van der Waals surface area contributed by atoms with E-state index in [1.165, 1.54) is 11.1 Å². The van der Waals surface area contributed by atoms with Crippen LogP contribution in [0.3, 0.4) is 0 Å². The highest BCUT2D eigenvalue weighted by molar-refractivity contribution is 7.98. The van der Waals surface area contributed by atoms with E-state index >= 15 is 0 Å². The topological polar surface area (TPSA) is 30.0 Å². The number of carbonyl (C=O) groups is 1. The van der Waals surface area contributed by atoms with Gasteiger partial charge in [0, 0.05) is 29.5 Å².